The summed E-state index contributed by atoms with van der Waals surface area (Å²) in [6.45, 7) is 0.517. The number of nitrogens with two attached hydrogens (primary N) is 1. The van der Waals surface area contributed by atoms with E-state index in [2.05, 4.69) is 34.1 Å². The summed E-state index contributed by atoms with van der Waals surface area (Å²) in [4.78, 5) is 0. The lowest BCUT2D eigenvalue weighted by Crippen LogP contribution is -1.96. The highest BCUT2D eigenvalue weighted by atomic mass is 79.9. The Bertz CT molecular complexity index is 755. The summed E-state index contributed by atoms with van der Waals surface area (Å²) < 4.78 is 6.97. The van der Waals surface area contributed by atoms with Gasteiger partial charge in [0.15, 0.2) is 0 Å². The van der Waals surface area contributed by atoms with Crippen LogP contribution in [0, 0.1) is 0 Å². The van der Waals surface area contributed by atoms with Crippen molar-refractivity contribution in [1.82, 2.24) is 0 Å². The Hall–Kier alpha value is -1.84. The van der Waals surface area contributed by atoms with Crippen LogP contribution in [0.1, 0.15) is 5.56 Å². The van der Waals surface area contributed by atoms with Gasteiger partial charge < -0.3 is 10.5 Å². The quantitative estimate of drug-likeness (QED) is 0.746. The van der Waals surface area contributed by atoms with E-state index >= 15 is 0 Å². The molecule has 0 aliphatic carbocycles. The summed E-state index contributed by atoms with van der Waals surface area (Å²) >= 11 is 3.48. The predicted octanol–water partition coefficient (Wildman–Crippen LogP) is 4.85. The smallest absolute Gasteiger partial charge is 0.128 e. The molecule has 0 bridgehead atoms. The molecule has 0 saturated heterocycles. The van der Waals surface area contributed by atoms with E-state index in [0.29, 0.717) is 6.54 Å². The maximum Gasteiger partial charge on any atom is 0.128 e. The summed E-state index contributed by atoms with van der Waals surface area (Å²) in [7, 11) is 0. The highest BCUT2D eigenvalue weighted by molar-refractivity contribution is 9.10. The number of fused-ring (bicyclic) bond motifs is 1. The van der Waals surface area contributed by atoms with Crippen LogP contribution in [0.2, 0.25) is 0 Å². The van der Waals surface area contributed by atoms with Gasteiger partial charge >= 0.3 is 0 Å². The average Bonchev–Trinajstić information content (AvgIpc) is 2.47. The monoisotopic (exact) mass is 327 g/mol. The predicted molar refractivity (Wildman–Crippen MR) is 86.1 cm³/mol. The molecular weight excluding hydrogens is 314 g/mol. The lowest BCUT2D eigenvalue weighted by molar-refractivity contribution is 0.483. The molecule has 2 N–H and O–H groups in total. The third kappa shape index (κ3) is 2.84. The second-order valence-corrected chi connectivity index (χ2v) is 5.52. The number of benzene rings is 3. The largest absolute Gasteiger partial charge is 0.457 e. The molecule has 0 aliphatic heterocycles. The minimum atomic E-state index is 0.517. The number of ether oxygens (including phenoxy) is 1. The summed E-state index contributed by atoms with van der Waals surface area (Å²) in [6, 6.07) is 20.1. The van der Waals surface area contributed by atoms with E-state index < -0.39 is 0 Å². The molecule has 3 rings (SSSR count). The standard InChI is InChI=1S/C17H14BrNO/c18-15-6-4-14-10-17(7-5-13(14)9-15)20-16-3-1-2-12(8-16)11-19/h1-10H,11,19H2. The van der Waals surface area contributed by atoms with E-state index in [1.807, 2.05) is 42.5 Å². The summed E-state index contributed by atoms with van der Waals surface area (Å²) in [5.41, 5.74) is 6.70. The average molecular weight is 328 g/mol. The molecule has 0 amide bonds. The third-order valence-corrected chi connectivity index (χ3v) is 3.64. The van der Waals surface area contributed by atoms with Gasteiger partial charge in [-0.15, -0.1) is 0 Å². The van der Waals surface area contributed by atoms with Gasteiger partial charge in [-0.1, -0.05) is 40.2 Å². The van der Waals surface area contributed by atoms with Gasteiger partial charge in [0.25, 0.3) is 0 Å². The molecule has 0 spiro atoms. The van der Waals surface area contributed by atoms with E-state index in [4.69, 9.17) is 10.5 Å². The number of rotatable bonds is 3. The van der Waals surface area contributed by atoms with E-state index in [0.717, 1.165) is 26.9 Å². The molecule has 3 heteroatoms. The molecular formula is C17H14BrNO. The van der Waals surface area contributed by atoms with Gasteiger partial charge in [-0.05, 0) is 52.7 Å². The molecule has 2 nitrogen and oxygen atoms in total. The maximum atomic E-state index is 5.89. The Kier molecular flexibility index (Phi) is 3.72. The normalized spacial score (nSPS) is 10.7. The molecule has 0 unspecified atom stereocenters. The first-order valence-electron chi connectivity index (χ1n) is 6.41. The van der Waals surface area contributed by atoms with Crippen molar-refractivity contribution >= 4 is 26.7 Å². The van der Waals surface area contributed by atoms with E-state index in [-0.39, 0.29) is 0 Å². The second-order valence-electron chi connectivity index (χ2n) is 4.61. The molecule has 0 heterocycles. The van der Waals surface area contributed by atoms with Gasteiger partial charge in [0, 0.05) is 11.0 Å². The number of halogens is 1. The zero-order valence-corrected chi connectivity index (χ0v) is 12.4. The first kappa shape index (κ1) is 13.2. The van der Waals surface area contributed by atoms with E-state index in [1.165, 1.54) is 5.39 Å². The van der Waals surface area contributed by atoms with Crippen LogP contribution < -0.4 is 10.5 Å². The Morgan fingerprint density at radius 1 is 0.850 bits per heavy atom. The van der Waals surface area contributed by atoms with Crippen molar-refractivity contribution < 1.29 is 4.74 Å². The van der Waals surface area contributed by atoms with Crippen molar-refractivity contribution in [2.24, 2.45) is 5.73 Å². The summed E-state index contributed by atoms with van der Waals surface area (Å²) in [5, 5.41) is 2.34. The Morgan fingerprint density at radius 3 is 2.45 bits per heavy atom. The van der Waals surface area contributed by atoms with Crippen LogP contribution in [0.4, 0.5) is 0 Å². The topological polar surface area (TPSA) is 35.2 Å². The molecule has 20 heavy (non-hydrogen) atoms. The van der Waals surface area contributed by atoms with Gasteiger partial charge in [0.1, 0.15) is 11.5 Å². The number of hydrogen-bond donors (Lipinski definition) is 1. The van der Waals surface area contributed by atoms with Crippen molar-refractivity contribution in [3.63, 3.8) is 0 Å². The first-order chi connectivity index (χ1) is 9.74. The lowest BCUT2D eigenvalue weighted by Gasteiger charge is -2.08. The summed E-state index contributed by atoms with van der Waals surface area (Å²) in [5.74, 6) is 1.64. The van der Waals surface area contributed by atoms with Crippen LogP contribution in [-0.2, 0) is 6.54 Å². The first-order valence-corrected chi connectivity index (χ1v) is 7.20. The minimum absolute atomic E-state index is 0.517. The van der Waals surface area contributed by atoms with Crippen LogP contribution in [0.5, 0.6) is 11.5 Å². The fourth-order valence-electron chi connectivity index (χ4n) is 2.13. The van der Waals surface area contributed by atoms with Gasteiger partial charge in [-0.2, -0.15) is 0 Å². The molecule has 0 aliphatic rings. The van der Waals surface area contributed by atoms with Gasteiger partial charge in [-0.25, -0.2) is 0 Å². The Morgan fingerprint density at radius 2 is 1.60 bits per heavy atom. The molecule has 100 valence electrons. The van der Waals surface area contributed by atoms with E-state index in [9.17, 15) is 0 Å². The maximum absolute atomic E-state index is 5.89. The molecule has 0 radical (unpaired) electrons. The fraction of sp³-hybridized carbons (Fsp3) is 0.0588. The highest BCUT2D eigenvalue weighted by Gasteiger charge is 2.01. The lowest BCUT2D eigenvalue weighted by atomic mass is 10.1. The fourth-order valence-corrected chi connectivity index (χ4v) is 2.51. The van der Waals surface area contributed by atoms with Crippen molar-refractivity contribution in [2.45, 2.75) is 6.54 Å². The number of hydrogen-bond acceptors (Lipinski definition) is 2. The Balaban J connectivity index is 1.92. The van der Waals surface area contributed by atoms with Crippen LogP contribution in [0.15, 0.2) is 65.1 Å². The van der Waals surface area contributed by atoms with Crippen molar-refractivity contribution in [2.75, 3.05) is 0 Å². The zero-order valence-electron chi connectivity index (χ0n) is 10.8. The molecule has 3 aromatic carbocycles. The highest BCUT2D eigenvalue weighted by Crippen LogP contribution is 2.27. The summed E-state index contributed by atoms with van der Waals surface area (Å²) in [6.07, 6.45) is 0. The van der Waals surface area contributed by atoms with E-state index in [1.54, 1.807) is 0 Å². The minimum Gasteiger partial charge on any atom is -0.457 e. The third-order valence-electron chi connectivity index (χ3n) is 3.14. The van der Waals surface area contributed by atoms with Crippen molar-refractivity contribution in [1.29, 1.82) is 0 Å². The zero-order chi connectivity index (χ0) is 13.9. The molecule has 3 aromatic rings. The van der Waals surface area contributed by atoms with Gasteiger partial charge in [0.2, 0.25) is 0 Å². The SMILES string of the molecule is NCc1cccc(Oc2ccc3cc(Br)ccc3c2)c1. The van der Waals surface area contributed by atoms with Crippen LogP contribution in [0.3, 0.4) is 0 Å². The second kappa shape index (κ2) is 5.65. The van der Waals surface area contributed by atoms with Crippen molar-refractivity contribution in [3.8, 4) is 11.5 Å². The molecule has 0 fully saturated rings. The molecule has 0 atom stereocenters. The molecule has 0 saturated carbocycles. The Labute approximate surface area is 126 Å². The van der Waals surface area contributed by atoms with Crippen molar-refractivity contribution in [3.05, 3.63) is 70.7 Å². The van der Waals surface area contributed by atoms with Crippen LogP contribution >= 0.6 is 15.9 Å². The van der Waals surface area contributed by atoms with Gasteiger partial charge in [-0.3, -0.25) is 0 Å². The van der Waals surface area contributed by atoms with Gasteiger partial charge in [0.05, 0.1) is 0 Å². The van der Waals surface area contributed by atoms with Crippen LogP contribution in [-0.4, -0.2) is 0 Å². The molecule has 0 aromatic heterocycles. The van der Waals surface area contributed by atoms with Crippen LogP contribution in [0.25, 0.3) is 10.8 Å².